The molecule has 17 heavy (non-hydrogen) atoms. The van der Waals surface area contributed by atoms with Crippen LogP contribution in [0.4, 0.5) is 0 Å². The number of hydrogen-bond acceptors (Lipinski definition) is 5. The van der Waals surface area contributed by atoms with Gasteiger partial charge in [-0.3, -0.25) is 4.79 Å². The van der Waals surface area contributed by atoms with Gasteiger partial charge in [0.05, 0.1) is 6.26 Å². The zero-order chi connectivity index (χ0) is 13.5. The van der Waals surface area contributed by atoms with Gasteiger partial charge in [-0.25, -0.2) is 17.9 Å². The molecule has 0 bridgehead atoms. The van der Waals surface area contributed by atoms with Crippen LogP contribution in [0.3, 0.4) is 0 Å². The van der Waals surface area contributed by atoms with Crippen LogP contribution in [0.5, 0.6) is 0 Å². The van der Waals surface area contributed by atoms with Crippen LogP contribution in [0, 0.1) is 0 Å². The number of carbonyl (C=O) groups is 2. The van der Waals surface area contributed by atoms with E-state index in [1.807, 2.05) is 0 Å². The van der Waals surface area contributed by atoms with Crippen molar-refractivity contribution in [1.29, 1.82) is 0 Å². The molecule has 0 aromatic carbocycles. The SMILES string of the molecule is CC(=O)NC(CNCCNS(C)(=O)=O)C(=O)O. The molecule has 1 amide bonds. The molecule has 1 atom stereocenters. The largest absolute Gasteiger partial charge is 0.480 e. The maximum atomic E-state index is 10.7. The molecular formula is C8H17N3O5S. The number of aliphatic carboxylic acids is 1. The quantitative estimate of drug-likeness (QED) is 0.367. The second-order valence-electron chi connectivity index (χ2n) is 3.46. The summed E-state index contributed by atoms with van der Waals surface area (Å²) in [4.78, 5) is 21.4. The lowest BCUT2D eigenvalue weighted by molar-refractivity contribution is -0.141. The van der Waals surface area contributed by atoms with Gasteiger partial charge in [-0.15, -0.1) is 0 Å². The van der Waals surface area contributed by atoms with Crippen molar-refractivity contribution in [2.24, 2.45) is 0 Å². The lowest BCUT2D eigenvalue weighted by Crippen LogP contribution is -2.47. The summed E-state index contributed by atoms with van der Waals surface area (Å²) in [5.74, 6) is -1.59. The normalized spacial score (nSPS) is 13.1. The zero-order valence-electron chi connectivity index (χ0n) is 9.69. The fraction of sp³-hybridized carbons (Fsp3) is 0.750. The first-order valence-corrected chi connectivity index (χ1v) is 6.77. The molecule has 0 rings (SSSR count). The number of hydrogen-bond donors (Lipinski definition) is 4. The minimum absolute atomic E-state index is 0.0281. The van der Waals surface area contributed by atoms with Crippen LogP contribution in [0.2, 0.25) is 0 Å². The Morgan fingerprint density at radius 3 is 2.29 bits per heavy atom. The third kappa shape index (κ3) is 9.72. The van der Waals surface area contributed by atoms with Gasteiger partial charge in [0.2, 0.25) is 15.9 Å². The van der Waals surface area contributed by atoms with Crippen LogP contribution in [-0.4, -0.2) is 57.3 Å². The summed E-state index contributed by atoms with van der Waals surface area (Å²) in [7, 11) is -3.24. The topological polar surface area (TPSA) is 125 Å². The van der Waals surface area contributed by atoms with E-state index in [0.717, 1.165) is 6.26 Å². The number of carbonyl (C=O) groups excluding carboxylic acids is 1. The van der Waals surface area contributed by atoms with Crippen LogP contribution in [0.25, 0.3) is 0 Å². The highest BCUT2D eigenvalue weighted by molar-refractivity contribution is 7.88. The summed E-state index contributed by atoms with van der Waals surface area (Å²) < 4.78 is 23.6. The average Bonchev–Trinajstić information content (AvgIpc) is 2.12. The van der Waals surface area contributed by atoms with Crippen LogP contribution in [0.1, 0.15) is 6.92 Å². The molecule has 0 aromatic rings. The van der Waals surface area contributed by atoms with Crippen molar-refractivity contribution < 1.29 is 23.1 Å². The molecule has 0 aliphatic heterocycles. The fourth-order valence-corrected chi connectivity index (χ4v) is 1.49. The Hall–Kier alpha value is -1.19. The van der Waals surface area contributed by atoms with E-state index < -0.39 is 27.9 Å². The van der Waals surface area contributed by atoms with Crippen LogP contribution < -0.4 is 15.4 Å². The Morgan fingerprint density at radius 2 is 1.88 bits per heavy atom. The summed E-state index contributed by atoms with van der Waals surface area (Å²) >= 11 is 0. The van der Waals surface area contributed by atoms with Crippen molar-refractivity contribution in [3.63, 3.8) is 0 Å². The summed E-state index contributed by atoms with van der Waals surface area (Å²) in [5.41, 5.74) is 0. The number of rotatable bonds is 8. The monoisotopic (exact) mass is 267 g/mol. The zero-order valence-corrected chi connectivity index (χ0v) is 10.5. The predicted molar refractivity (Wildman–Crippen MR) is 61.0 cm³/mol. The number of nitrogens with one attached hydrogen (secondary N) is 3. The highest BCUT2D eigenvalue weighted by atomic mass is 32.2. The molecule has 0 aliphatic rings. The standard InChI is InChI=1S/C8H17N3O5S/c1-6(12)11-7(8(13)14)5-9-3-4-10-17(2,15)16/h7,9-10H,3-5H2,1-2H3,(H,11,12)(H,13,14). The van der Waals surface area contributed by atoms with Gasteiger partial charge in [0, 0.05) is 26.6 Å². The third-order valence-electron chi connectivity index (χ3n) is 1.69. The van der Waals surface area contributed by atoms with Crippen molar-refractivity contribution in [3.8, 4) is 0 Å². The van der Waals surface area contributed by atoms with Crippen LogP contribution in [0.15, 0.2) is 0 Å². The molecule has 100 valence electrons. The second kappa shape index (κ2) is 7.20. The summed E-state index contributed by atoms with van der Waals surface area (Å²) in [6.07, 6.45) is 1.03. The van der Waals surface area contributed by atoms with E-state index in [-0.39, 0.29) is 19.6 Å². The van der Waals surface area contributed by atoms with Gasteiger partial charge in [-0.05, 0) is 0 Å². The minimum atomic E-state index is -3.24. The van der Waals surface area contributed by atoms with E-state index in [2.05, 4.69) is 15.4 Å². The molecule has 0 heterocycles. The van der Waals surface area contributed by atoms with Gasteiger partial charge in [-0.2, -0.15) is 0 Å². The van der Waals surface area contributed by atoms with Gasteiger partial charge < -0.3 is 15.7 Å². The van der Waals surface area contributed by atoms with Crippen molar-refractivity contribution in [1.82, 2.24) is 15.4 Å². The molecule has 0 aliphatic carbocycles. The Labute approximate surface area is 99.8 Å². The maximum absolute atomic E-state index is 10.7. The first kappa shape index (κ1) is 15.8. The van der Waals surface area contributed by atoms with Gasteiger partial charge in [0.1, 0.15) is 6.04 Å². The number of carboxylic acids is 1. The lowest BCUT2D eigenvalue weighted by Gasteiger charge is -2.13. The second-order valence-corrected chi connectivity index (χ2v) is 5.29. The molecular weight excluding hydrogens is 250 g/mol. The summed E-state index contributed by atoms with van der Waals surface area (Å²) in [6, 6.07) is -1.02. The smallest absolute Gasteiger partial charge is 0.327 e. The van der Waals surface area contributed by atoms with Crippen LogP contribution in [-0.2, 0) is 19.6 Å². The molecule has 0 radical (unpaired) electrons. The van der Waals surface area contributed by atoms with Gasteiger partial charge in [0.25, 0.3) is 0 Å². The third-order valence-corrected chi connectivity index (χ3v) is 2.42. The Kier molecular flexibility index (Phi) is 6.69. The van der Waals surface area contributed by atoms with E-state index >= 15 is 0 Å². The van der Waals surface area contributed by atoms with E-state index in [1.54, 1.807) is 0 Å². The van der Waals surface area contributed by atoms with Crippen molar-refractivity contribution in [2.45, 2.75) is 13.0 Å². The molecule has 9 heteroatoms. The molecule has 0 fully saturated rings. The van der Waals surface area contributed by atoms with E-state index in [9.17, 15) is 18.0 Å². The van der Waals surface area contributed by atoms with Gasteiger partial charge in [0.15, 0.2) is 0 Å². The number of sulfonamides is 1. The maximum Gasteiger partial charge on any atom is 0.327 e. The van der Waals surface area contributed by atoms with Crippen LogP contribution >= 0.6 is 0 Å². The summed E-state index contributed by atoms with van der Waals surface area (Å²) in [6.45, 7) is 1.68. The number of amides is 1. The highest BCUT2D eigenvalue weighted by Gasteiger charge is 2.17. The average molecular weight is 267 g/mol. The molecule has 0 saturated carbocycles. The molecule has 4 N–H and O–H groups in total. The van der Waals surface area contributed by atoms with Gasteiger partial charge >= 0.3 is 5.97 Å². The van der Waals surface area contributed by atoms with Crippen molar-refractivity contribution >= 4 is 21.9 Å². The van der Waals surface area contributed by atoms with Gasteiger partial charge in [-0.1, -0.05) is 0 Å². The summed E-state index contributed by atoms with van der Waals surface area (Å²) in [5, 5.41) is 13.7. The number of carboxylic acid groups (broad SMARTS) is 1. The lowest BCUT2D eigenvalue weighted by atomic mass is 10.3. The first-order valence-electron chi connectivity index (χ1n) is 4.87. The Balaban J connectivity index is 3.83. The van der Waals surface area contributed by atoms with Crippen molar-refractivity contribution in [3.05, 3.63) is 0 Å². The minimum Gasteiger partial charge on any atom is -0.480 e. The molecule has 0 spiro atoms. The van der Waals surface area contributed by atoms with E-state index in [0.29, 0.717) is 0 Å². The Bertz CT molecular complexity index is 367. The first-order chi connectivity index (χ1) is 7.72. The molecule has 0 aromatic heterocycles. The van der Waals surface area contributed by atoms with E-state index in [4.69, 9.17) is 5.11 Å². The predicted octanol–water partition coefficient (Wildman–Crippen LogP) is -2.29. The molecule has 1 unspecified atom stereocenters. The molecule has 8 nitrogen and oxygen atoms in total. The highest BCUT2D eigenvalue weighted by Crippen LogP contribution is 1.82. The van der Waals surface area contributed by atoms with Crippen molar-refractivity contribution in [2.75, 3.05) is 25.9 Å². The molecule has 0 saturated heterocycles. The fourth-order valence-electron chi connectivity index (χ4n) is 1.02. The Morgan fingerprint density at radius 1 is 1.29 bits per heavy atom. The van der Waals surface area contributed by atoms with E-state index in [1.165, 1.54) is 6.92 Å².